The van der Waals surface area contributed by atoms with Crippen molar-refractivity contribution in [3.8, 4) is 0 Å². The SMILES string of the molecule is CC1CCCCCC1Nc1ccc(C(=O)O)c(N)c1. The van der Waals surface area contributed by atoms with Gasteiger partial charge in [0.2, 0.25) is 0 Å². The molecule has 4 nitrogen and oxygen atoms in total. The van der Waals surface area contributed by atoms with Crippen molar-refractivity contribution in [2.24, 2.45) is 5.92 Å². The Morgan fingerprint density at radius 2 is 2.05 bits per heavy atom. The van der Waals surface area contributed by atoms with Crippen molar-refractivity contribution in [1.82, 2.24) is 0 Å². The molecule has 1 aromatic rings. The van der Waals surface area contributed by atoms with Gasteiger partial charge < -0.3 is 16.2 Å². The fourth-order valence-electron chi connectivity index (χ4n) is 2.77. The normalized spacial score (nSPS) is 23.6. The lowest BCUT2D eigenvalue weighted by Crippen LogP contribution is -2.26. The Morgan fingerprint density at radius 1 is 1.32 bits per heavy atom. The summed E-state index contributed by atoms with van der Waals surface area (Å²) in [4.78, 5) is 10.9. The predicted octanol–water partition coefficient (Wildman–Crippen LogP) is 3.35. The fourth-order valence-corrected chi connectivity index (χ4v) is 2.77. The third-order valence-electron chi connectivity index (χ3n) is 4.00. The first-order chi connectivity index (χ1) is 9.08. The van der Waals surface area contributed by atoms with Crippen LogP contribution in [0.25, 0.3) is 0 Å². The number of hydrogen-bond acceptors (Lipinski definition) is 3. The zero-order chi connectivity index (χ0) is 13.8. The molecule has 1 fully saturated rings. The summed E-state index contributed by atoms with van der Waals surface area (Å²) in [6.45, 7) is 2.28. The van der Waals surface area contributed by atoms with Crippen LogP contribution in [0.1, 0.15) is 49.4 Å². The van der Waals surface area contributed by atoms with Crippen LogP contribution in [0, 0.1) is 5.92 Å². The number of nitrogens with two attached hydrogens (primary N) is 1. The molecule has 0 spiro atoms. The minimum absolute atomic E-state index is 0.166. The molecular formula is C15H22N2O2. The molecule has 1 aromatic carbocycles. The van der Waals surface area contributed by atoms with Gasteiger partial charge >= 0.3 is 5.97 Å². The van der Waals surface area contributed by atoms with Crippen LogP contribution in [0.3, 0.4) is 0 Å². The molecule has 0 bridgehead atoms. The number of benzene rings is 1. The second kappa shape index (κ2) is 5.95. The molecule has 4 N–H and O–H groups in total. The van der Waals surface area contributed by atoms with E-state index in [9.17, 15) is 4.79 Å². The van der Waals surface area contributed by atoms with Gasteiger partial charge in [-0.2, -0.15) is 0 Å². The van der Waals surface area contributed by atoms with Crippen molar-refractivity contribution in [1.29, 1.82) is 0 Å². The first-order valence-electron chi connectivity index (χ1n) is 6.97. The topological polar surface area (TPSA) is 75.3 Å². The van der Waals surface area contributed by atoms with Crippen LogP contribution in [0.15, 0.2) is 18.2 Å². The van der Waals surface area contributed by atoms with Crippen molar-refractivity contribution < 1.29 is 9.90 Å². The number of carboxylic acid groups (broad SMARTS) is 1. The third kappa shape index (κ3) is 3.40. The van der Waals surface area contributed by atoms with E-state index in [-0.39, 0.29) is 5.56 Å². The Labute approximate surface area is 114 Å². The summed E-state index contributed by atoms with van der Waals surface area (Å²) in [6, 6.07) is 5.55. The highest BCUT2D eigenvalue weighted by Crippen LogP contribution is 2.27. The number of anilines is 2. The molecule has 0 amide bonds. The minimum atomic E-state index is -0.980. The van der Waals surface area contributed by atoms with Gasteiger partial charge in [0.05, 0.1) is 5.56 Å². The van der Waals surface area contributed by atoms with Crippen LogP contribution in [0.5, 0.6) is 0 Å². The van der Waals surface area contributed by atoms with Gasteiger partial charge in [-0.05, 0) is 37.0 Å². The molecule has 0 aliphatic heterocycles. The van der Waals surface area contributed by atoms with E-state index in [1.54, 1.807) is 18.2 Å². The number of aromatic carboxylic acids is 1. The number of carboxylic acids is 1. The Hall–Kier alpha value is -1.71. The summed E-state index contributed by atoms with van der Waals surface area (Å²) in [5.41, 5.74) is 7.17. The minimum Gasteiger partial charge on any atom is -0.478 e. The first kappa shape index (κ1) is 13.7. The highest BCUT2D eigenvalue weighted by Gasteiger charge is 2.20. The third-order valence-corrected chi connectivity index (χ3v) is 4.00. The lowest BCUT2D eigenvalue weighted by molar-refractivity contribution is 0.0698. The maximum absolute atomic E-state index is 10.9. The van der Waals surface area contributed by atoms with E-state index in [0.29, 0.717) is 17.6 Å². The highest BCUT2D eigenvalue weighted by molar-refractivity contribution is 5.94. The van der Waals surface area contributed by atoms with Crippen molar-refractivity contribution in [3.05, 3.63) is 23.8 Å². The van der Waals surface area contributed by atoms with Crippen molar-refractivity contribution in [2.45, 2.75) is 45.1 Å². The molecule has 19 heavy (non-hydrogen) atoms. The molecule has 1 aliphatic rings. The zero-order valence-corrected chi connectivity index (χ0v) is 11.4. The molecule has 1 saturated carbocycles. The predicted molar refractivity (Wildman–Crippen MR) is 77.5 cm³/mol. The molecule has 0 saturated heterocycles. The lowest BCUT2D eigenvalue weighted by atomic mass is 9.96. The molecular weight excluding hydrogens is 240 g/mol. The van der Waals surface area contributed by atoms with Gasteiger partial charge in [-0.25, -0.2) is 4.79 Å². The molecule has 2 unspecified atom stereocenters. The summed E-state index contributed by atoms with van der Waals surface area (Å²) in [7, 11) is 0. The van der Waals surface area contributed by atoms with E-state index in [4.69, 9.17) is 10.8 Å². The molecule has 4 heteroatoms. The summed E-state index contributed by atoms with van der Waals surface area (Å²) in [5.74, 6) is -0.338. The van der Waals surface area contributed by atoms with E-state index in [0.717, 1.165) is 5.69 Å². The van der Waals surface area contributed by atoms with Gasteiger partial charge in [0.15, 0.2) is 0 Å². The van der Waals surface area contributed by atoms with Gasteiger partial charge in [-0.1, -0.05) is 26.2 Å². The number of hydrogen-bond donors (Lipinski definition) is 3. The highest BCUT2D eigenvalue weighted by atomic mass is 16.4. The van der Waals surface area contributed by atoms with Gasteiger partial charge in [-0.3, -0.25) is 0 Å². The number of rotatable bonds is 3. The molecule has 2 rings (SSSR count). The Balaban J connectivity index is 2.10. The average Bonchev–Trinajstić information content (AvgIpc) is 2.55. The smallest absolute Gasteiger partial charge is 0.337 e. The van der Waals surface area contributed by atoms with Gasteiger partial charge in [0.1, 0.15) is 0 Å². The molecule has 0 heterocycles. The van der Waals surface area contributed by atoms with Crippen LogP contribution in [-0.2, 0) is 0 Å². The summed E-state index contributed by atoms with van der Waals surface area (Å²) >= 11 is 0. The molecule has 0 aromatic heterocycles. The fraction of sp³-hybridized carbons (Fsp3) is 0.533. The number of carbonyl (C=O) groups is 1. The van der Waals surface area contributed by atoms with Crippen LogP contribution in [-0.4, -0.2) is 17.1 Å². The van der Waals surface area contributed by atoms with Crippen LogP contribution in [0.2, 0.25) is 0 Å². The summed E-state index contributed by atoms with van der Waals surface area (Å²) in [5, 5.41) is 12.5. The van der Waals surface area contributed by atoms with E-state index < -0.39 is 5.97 Å². The second-order valence-electron chi connectivity index (χ2n) is 5.47. The standard InChI is InChI=1S/C15H22N2O2/c1-10-5-3-2-4-6-14(10)17-11-7-8-12(15(18)19)13(16)9-11/h7-10,14,17H,2-6,16H2,1H3,(H,18,19). The monoisotopic (exact) mass is 262 g/mol. The molecule has 2 atom stereocenters. The van der Waals surface area contributed by atoms with Gasteiger partial charge in [0, 0.05) is 17.4 Å². The van der Waals surface area contributed by atoms with E-state index in [1.165, 1.54) is 32.1 Å². The first-order valence-corrected chi connectivity index (χ1v) is 6.97. The maximum atomic E-state index is 10.9. The van der Waals surface area contributed by atoms with Crippen molar-refractivity contribution >= 4 is 17.3 Å². The average molecular weight is 262 g/mol. The molecule has 104 valence electrons. The Bertz CT molecular complexity index is 459. The van der Waals surface area contributed by atoms with Crippen LogP contribution in [0.4, 0.5) is 11.4 Å². The van der Waals surface area contributed by atoms with Crippen LogP contribution >= 0.6 is 0 Å². The lowest BCUT2D eigenvalue weighted by Gasteiger charge is -2.24. The second-order valence-corrected chi connectivity index (χ2v) is 5.47. The quantitative estimate of drug-likeness (QED) is 0.577. The van der Waals surface area contributed by atoms with Gasteiger partial charge in [0.25, 0.3) is 0 Å². The van der Waals surface area contributed by atoms with E-state index in [2.05, 4.69) is 12.2 Å². The molecule has 1 aliphatic carbocycles. The Morgan fingerprint density at radius 3 is 2.74 bits per heavy atom. The largest absolute Gasteiger partial charge is 0.478 e. The maximum Gasteiger partial charge on any atom is 0.337 e. The van der Waals surface area contributed by atoms with Gasteiger partial charge in [-0.15, -0.1) is 0 Å². The number of nitrogen functional groups attached to an aromatic ring is 1. The van der Waals surface area contributed by atoms with Crippen molar-refractivity contribution in [2.75, 3.05) is 11.1 Å². The summed E-state index contributed by atoms with van der Waals surface area (Å²) in [6.07, 6.45) is 6.29. The molecule has 0 radical (unpaired) electrons. The van der Waals surface area contributed by atoms with E-state index in [1.807, 2.05) is 0 Å². The number of nitrogens with one attached hydrogen (secondary N) is 1. The summed E-state index contributed by atoms with van der Waals surface area (Å²) < 4.78 is 0. The van der Waals surface area contributed by atoms with Crippen LogP contribution < -0.4 is 11.1 Å². The van der Waals surface area contributed by atoms with E-state index >= 15 is 0 Å². The van der Waals surface area contributed by atoms with Crippen molar-refractivity contribution in [3.63, 3.8) is 0 Å². The Kier molecular flexibility index (Phi) is 4.30. The zero-order valence-electron chi connectivity index (χ0n) is 11.4.